The van der Waals surface area contributed by atoms with E-state index in [1.165, 1.54) is 0 Å². The van der Waals surface area contributed by atoms with E-state index >= 15 is 0 Å². The third-order valence-corrected chi connectivity index (χ3v) is 2.41. The van der Waals surface area contributed by atoms with Gasteiger partial charge in [0.05, 0.1) is 6.54 Å². The van der Waals surface area contributed by atoms with E-state index in [2.05, 4.69) is 4.74 Å². The molecule has 2 amide bonds. The van der Waals surface area contributed by atoms with E-state index in [0.29, 0.717) is 10.5 Å². The number of cyclic esters (lactones) is 1. The molecule has 1 aromatic carbocycles. The summed E-state index contributed by atoms with van der Waals surface area (Å²) in [7, 11) is 0. The lowest BCUT2D eigenvalue weighted by Gasteiger charge is -2.12. The Balaban J connectivity index is 2.16. The van der Waals surface area contributed by atoms with Crippen molar-refractivity contribution in [3.63, 3.8) is 0 Å². The third-order valence-electron chi connectivity index (χ3n) is 2.41. The lowest BCUT2D eigenvalue weighted by Crippen LogP contribution is -2.38. The highest BCUT2D eigenvalue weighted by atomic mass is 19.4. The minimum Gasteiger partial charge on any atom is -0.426 e. The van der Waals surface area contributed by atoms with Gasteiger partial charge in [0.15, 0.2) is 0 Å². The molecule has 0 N–H and O–H groups in total. The summed E-state index contributed by atoms with van der Waals surface area (Å²) in [5.74, 6) is -1.38. The van der Waals surface area contributed by atoms with Crippen molar-refractivity contribution < 1.29 is 27.5 Å². The molecule has 1 aromatic rings. The molecule has 1 saturated heterocycles. The predicted molar refractivity (Wildman–Crippen MR) is 53.3 cm³/mol. The van der Waals surface area contributed by atoms with Crippen LogP contribution < -0.4 is 0 Å². The number of halogens is 3. The van der Waals surface area contributed by atoms with E-state index in [0.717, 1.165) is 0 Å². The van der Waals surface area contributed by atoms with Crippen LogP contribution in [-0.2, 0) is 16.1 Å². The van der Waals surface area contributed by atoms with Gasteiger partial charge >= 0.3 is 12.3 Å². The average molecular weight is 259 g/mol. The smallest absolute Gasteiger partial charge is 0.426 e. The lowest BCUT2D eigenvalue weighted by atomic mass is 10.2. The fourth-order valence-corrected chi connectivity index (χ4v) is 1.56. The molecule has 1 fully saturated rings. The Labute approximate surface area is 99.9 Å². The highest BCUT2D eigenvalue weighted by Gasteiger charge is 2.56. The fraction of sp³-hybridized carbons (Fsp3) is 0.273. The summed E-state index contributed by atoms with van der Waals surface area (Å²) >= 11 is 0. The second-order valence-corrected chi connectivity index (χ2v) is 3.72. The normalized spacial score (nSPS) is 20.2. The van der Waals surface area contributed by atoms with Gasteiger partial charge in [-0.1, -0.05) is 30.3 Å². The molecule has 1 aliphatic heterocycles. The van der Waals surface area contributed by atoms with Gasteiger partial charge in [-0.05, 0) is 5.56 Å². The van der Waals surface area contributed by atoms with Gasteiger partial charge in [-0.2, -0.15) is 13.2 Å². The third kappa shape index (κ3) is 2.29. The van der Waals surface area contributed by atoms with Crippen LogP contribution in [0.3, 0.4) is 0 Å². The van der Waals surface area contributed by atoms with E-state index < -0.39 is 24.3 Å². The summed E-state index contributed by atoms with van der Waals surface area (Å²) in [5.41, 5.74) is 0.547. The van der Waals surface area contributed by atoms with Crippen LogP contribution in [0.25, 0.3) is 0 Å². The van der Waals surface area contributed by atoms with Crippen LogP contribution in [0.5, 0.6) is 0 Å². The van der Waals surface area contributed by atoms with Crippen LogP contribution in [0.4, 0.5) is 18.0 Å². The Morgan fingerprint density at radius 2 is 1.78 bits per heavy atom. The standard InChI is InChI=1S/C11H8F3NO3/c12-11(13,14)8-9(16)15(10(17)18-8)6-7-4-2-1-3-5-7/h1-5,8H,6H2/t8-/m1/s1. The minimum absolute atomic E-state index is 0.231. The van der Waals surface area contributed by atoms with Crippen molar-refractivity contribution in [2.45, 2.75) is 18.8 Å². The van der Waals surface area contributed by atoms with Crippen LogP contribution in [0.1, 0.15) is 5.56 Å². The molecule has 18 heavy (non-hydrogen) atoms. The zero-order chi connectivity index (χ0) is 13.3. The molecular formula is C11H8F3NO3. The molecule has 0 unspecified atom stereocenters. The van der Waals surface area contributed by atoms with E-state index in [1.807, 2.05) is 0 Å². The Hall–Kier alpha value is -2.05. The number of rotatable bonds is 2. The van der Waals surface area contributed by atoms with Crippen molar-refractivity contribution in [1.29, 1.82) is 0 Å². The monoisotopic (exact) mass is 259 g/mol. The van der Waals surface area contributed by atoms with Crippen LogP contribution in [-0.4, -0.2) is 29.2 Å². The minimum atomic E-state index is -4.88. The molecule has 0 radical (unpaired) electrons. The first-order chi connectivity index (χ1) is 8.39. The quantitative estimate of drug-likeness (QED) is 0.817. The topological polar surface area (TPSA) is 46.6 Å². The zero-order valence-electron chi connectivity index (χ0n) is 8.98. The number of imide groups is 1. The number of hydrogen-bond donors (Lipinski definition) is 0. The molecule has 1 atom stereocenters. The highest BCUT2D eigenvalue weighted by molar-refractivity contribution is 6.00. The van der Waals surface area contributed by atoms with Crippen molar-refractivity contribution in [2.24, 2.45) is 0 Å². The summed E-state index contributed by atoms with van der Waals surface area (Å²) in [6, 6.07) is 8.22. The number of nitrogens with zero attached hydrogens (tertiary/aromatic N) is 1. The molecule has 0 spiro atoms. The van der Waals surface area contributed by atoms with Gasteiger partial charge in [-0.15, -0.1) is 0 Å². The second-order valence-electron chi connectivity index (χ2n) is 3.72. The highest BCUT2D eigenvalue weighted by Crippen LogP contribution is 2.30. The van der Waals surface area contributed by atoms with Crippen LogP contribution in [0.15, 0.2) is 30.3 Å². The summed E-state index contributed by atoms with van der Waals surface area (Å²) in [5, 5.41) is 0. The first kappa shape index (κ1) is 12.4. The van der Waals surface area contributed by atoms with Crippen molar-refractivity contribution in [3.8, 4) is 0 Å². The number of alkyl halides is 3. The van der Waals surface area contributed by atoms with E-state index in [4.69, 9.17) is 0 Å². The molecule has 7 heteroatoms. The van der Waals surface area contributed by atoms with E-state index in [1.54, 1.807) is 30.3 Å². The number of carbonyl (C=O) groups excluding carboxylic acids is 2. The molecule has 4 nitrogen and oxygen atoms in total. The van der Waals surface area contributed by atoms with Crippen molar-refractivity contribution in [2.75, 3.05) is 0 Å². The van der Waals surface area contributed by atoms with Gasteiger partial charge < -0.3 is 4.74 Å². The lowest BCUT2D eigenvalue weighted by molar-refractivity contribution is -0.196. The fourth-order valence-electron chi connectivity index (χ4n) is 1.56. The molecule has 1 aliphatic rings. The SMILES string of the molecule is O=C1O[C@@H](C(F)(F)F)C(=O)N1Cc1ccccc1. The number of amides is 2. The predicted octanol–water partition coefficient (Wildman–Crippen LogP) is 2.10. The number of benzene rings is 1. The van der Waals surface area contributed by atoms with Gasteiger partial charge in [0.2, 0.25) is 0 Å². The van der Waals surface area contributed by atoms with Crippen LogP contribution in [0.2, 0.25) is 0 Å². The molecule has 0 bridgehead atoms. The first-order valence-electron chi connectivity index (χ1n) is 5.02. The molecule has 0 aromatic heterocycles. The largest absolute Gasteiger partial charge is 0.434 e. The Morgan fingerprint density at radius 1 is 1.17 bits per heavy atom. The molecule has 1 heterocycles. The van der Waals surface area contributed by atoms with Gasteiger partial charge in [0.1, 0.15) is 0 Å². The number of carbonyl (C=O) groups is 2. The van der Waals surface area contributed by atoms with Gasteiger partial charge in [0.25, 0.3) is 12.0 Å². The first-order valence-corrected chi connectivity index (χ1v) is 5.02. The molecule has 0 aliphatic carbocycles. The molecule has 0 saturated carbocycles. The molecule has 96 valence electrons. The zero-order valence-corrected chi connectivity index (χ0v) is 8.98. The Kier molecular flexibility index (Phi) is 2.98. The summed E-state index contributed by atoms with van der Waals surface area (Å²) in [4.78, 5) is 23.1. The van der Waals surface area contributed by atoms with Crippen molar-refractivity contribution in [1.82, 2.24) is 4.90 Å². The number of ether oxygens (including phenoxy) is 1. The number of hydrogen-bond acceptors (Lipinski definition) is 3. The van der Waals surface area contributed by atoms with Gasteiger partial charge in [0, 0.05) is 0 Å². The average Bonchev–Trinajstić information content (AvgIpc) is 2.58. The Morgan fingerprint density at radius 3 is 2.28 bits per heavy atom. The van der Waals surface area contributed by atoms with Crippen molar-refractivity contribution in [3.05, 3.63) is 35.9 Å². The van der Waals surface area contributed by atoms with Gasteiger partial charge in [-0.25, -0.2) is 9.69 Å². The maximum atomic E-state index is 12.4. The van der Waals surface area contributed by atoms with E-state index in [9.17, 15) is 22.8 Å². The Bertz CT molecular complexity index is 472. The van der Waals surface area contributed by atoms with Crippen LogP contribution >= 0.6 is 0 Å². The molecular weight excluding hydrogens is 251 g/mol. The summed E-state index contributed by atoms with van der Waals surface area (Å²) < 4.78 is 41.2. The van der Waals surface area contributed by atoms with Gasteiger partial charge in [-0.3, -0.25) is 4.79 Å². The van der Waals surface area contributed by atoms with E-state index in [-0.39, 0.29) is 6.54 Å². The summed E-state index contributed by atoms with van der Waals surface area (Å²) in [6.45, 7) is -0.231. The maximum Gasteiger partial charge on any atom is 0.434 e. The maximum absolute atomic E-state index is 12.4. The van der Waals surface area contributed by atoms with Crippen molar-refractivity contribution >= 4 is 12.0 Å². The summed E-state index contributed by atoms with van der Waals surface area (Å²) in [6.07, 6.45) is -8.84. The second kappa shape index (κ2) is 4.32. The molecule has 2 rings (SSSR count). The van der Waals surface area contributed by atoms with Crippen LogP contribution in [0, 0.1) is 0 Å².